The van der Waals surface area contributed by atoms with E-state index >= 15 is 0 Å². The van der Waals surface area contributed by atoms with Gasteiger partial charge in [0.1, 0.15) is 0 Å². The third-order valence-corrected chi connectivity index (χ3v) is 2.80. The van der Waals surface area contributed by atoms with Crippen molar-refractivity contribution < 1.29 is 0 Å². The van der Waals surface area contributed by atoms with Crippen LogP contribution in [-0.4, -0.2) is 24.6 Å². The standard InChI is InChI=1S/C8H19NS/c1-7(2)6-10-8(3)5-9-4/h7-9H,5-6H2,1-4H3. The van der Waals surface area contributed by atoms with E-state index in [2.05, 4.69) is 26.1 Å². The quantitative estimate of drug-likeness (QED) is 0.662. The summed E-state index contributed by atoms with van der Waals surface area (Å²) in [6, 6.07) is 0. The highest BCUT2D eigenvalue weighted by Crippen LogP contribution is 2.13. The molecule has 1 unspecified atom stereocenters. The van der Waals surface area contributed by atoms with E-state index in [0.717, 1.165) is 17.7 Å². The van der Waals surface area contributed by atoms with E-state index in [9.17, 15) is 0 Å². The Balaban J connectivity index is 3.12. The molecular formula is C8H19NS. The second-order valence-electron chi connectivity index (χ2n) is 3.10. The summed E-state index contributed by atoms with van der Waals surface area (Å²) in [5.41, 5.74) is 0. The van der Waals surface area contributed by atoms with Gasteiger partial charge in [-0.1, -0.05) is 20.8 Å². The second kappa shape index (κ2) is 6.05. The van der Waals surface area contributed by atoms with Crippen LogP contribution < -0.4 is 5.32 Å². The molecule has 0 bridgehead atoms. The number of nitrogens with one attached hydrogen (secondary N) is 1. The van der Waals surface area contributed by atoms with Crippen LogP contribution >= 0.6 is 11.8 Å². The van der Waals surface area contributed by atoms with Crippen molar-refractivity contribution in [1.82, 2.24) is 5.32 Å². The van der Waals surface area contributed by atoms with E-state index < -0.39 is 0 Å². The van der Waals surface area contributed by atoms with Gasteiger partial charge in [-0.2, -0.15) is 11.8 Å². The van der Waals surface area contributed by atoms with Crippen LogP contribution in [0.25, 0.3) is 0 Å². The lowest BCUT2D eigenvalue weighted by atomic mass is 10.3. The van der Waals surface area contributed by atoms with Gasteiger partial charge < -0.3 is 5.32 Å². The zero-order chi connectivity index (χ0) is 7.98. The Kier molecular flexibility index (Phi) is 6.24. The molecule has 0 saturated carbocycles. The molecule has 0 heterocycles. The molecule has 1 atom stereocenters. The summed E-state index contributed by atoms with van der Waals surface area (Å²) in [5.74, 6) is 2.10. The van der Waals surface area contributed by atoms with Crippen molar-refractivity contribution in [3.63, 3.8) is 0 Å². The van der Waals surface area contributed by atoms with Crippen LogP contribution in [0.15, 0.2) is 0 Å². The Hall–Kier alpha value is 0.310. The predicted molar refractivity (Wildman–Crippen MR) is 50.7 cm³/mol. The van der Waals surface area contributed by atoms with Gasteiger partial charge in [-0.25, -0.2) is 0 Å². The van der Waals surface area contributed by atoms with Gasteiger partial charge in [-0.05, 0) is 18.7 Å². The van der Waals surface area contributed by atoms with Crippen LogP contribution in [0.3, 0.4) is 0 Å². The molecule has 0 aliphatic heterocycles. The molecule has 1 N–H and O–H groups in total. The zero-order valence-corrected chi connectivity index (χ0v) is 8.29. The predicted octanol–water partition coefficient (Wildman–Crippen LogP) is 1.98. The number of hydrogen-bond acceptors (Lipinski definition) is 2. The monoisotopic (exact) mass is 161 g/mol. The average molecular weight is 161 g/mol. The Morgan fingerprint density at radius 1 is 1.30 bits per heavy atom. The molecule has 1 nitrogen and oxygen atoms in total. The van der Waals surface area contributed by atoms with Gasteiger partial charge in [0.05, 0.1) is 0 Å². The molecule has 0 aromatic rings. The number of hydrogen-bond donors (Lipinski definition) is 1. The first kappa shape index (κ1) is 10.3. The van der Waals surface area contributed by atoms with Gasteiger partial charge in [0.25, 0.3) is 0 Å². The summed E-state index contributed by atoms with van der Waals surface area (Å²) in [7, 11) is 2.01. The van der Waals surface area contributed by atoms with E-state index in [4.69, 9.17) is 0 Å². The fraction of sp³-hybridized carbons (Fsp3) is 1.00. The van der Waals surface area contributed by atoms with Crippen molar-refractivity contribution in [1.29, 1.82) is 0 Å². The fourth-order valence-electron chi connectivity index (χ4n) is 0.703. The maximum atomic E-state index is 3.17. The first-order valence-electron chi connectivity index (χ1n) is 3.93. The van der Waals surface area contributed by atoms with E-state index in [1.807, 2.05) is 18.8 Å². The molecule has 0 spiro atoms. The third kappa shape index (κ3) is 6.43. The molecule has 62 valence electrons. The topological polar surface area (TPSA) is 12.0 Å². The Labute approximate surface area is 69.0 Å². The molecule has 0 amide bonds. The lowest BCUT2D eigenvalue weighted by Gasteiger charge is -2.11. The average Bonchev–Trinajstić information content (AvgIpc) is 1.85. The molecule has 0 saturated heterocycles. The van der Waals surface area contributed by atoms with Crippen LogP contribution in [0.5, 0.6) is 0 Å². The van der Waals surface area contributed by atoms with Crippen LogP contribution in [-0.2, 0) is 0 Å². The molecule has 0 radical (unpaired) electrons. The summed E-state index contributed by atoms with van der Waals surface area (Å²) < 4.78 is 0. The van der Waals surface area contributed by atoms with Crippen LogP contribution in [0, 0.1) is 5.92 Å². The number of rotatable bonds is 5. The Bertz CT molecular complexity index is 73.7. The lowest BCUT2D eigenvalue weighted by Crippen LogP contribution is -2.18. The van der Waals surface area contributed by atoms with E-state index in [1.54, 1.807) is 0 Å². The Morgan fingerprint density at radius 3 is 2.30 bits per heavy atom. The summed E-state index contributed by atoms with van der Waals surface area (Å²) in [4.78, 5) is 0. The highest BCUT2D eigenvalue weighted by Gasteiger charge is 2.01. The maximum Gasteiger partial charge on any atom is 0.0144 e. The van der Waals surface area contributed by atoms with Gasteiger partial charge in [-0.3, -0.25) is 0 Å². The van der Waals surface area contributed by atoms with Crippen molar-refractivity contribution in [3.8, 4) is 0 Å². The summed E-state index contributed by atoms with van der Waals surface area (Å²) >= 11 is 2.05. The van der Waals surface area contributed by atoms with E-state index in [-0.39, 0.29) is 0 Å². The van der Waals surface area contributed by atoms with Crippen molar-refractivity contribution >= 4 is 11.8 Å². The van der Waals surface area contributed by atoms with Gasteiger partial charge in [-0.15, -0.1) is 0 Å². The molecular weight excluding hydrogens is 142 g/mol. The summed E-state index contributed by atoms with van der Waals surface area (Å²) in [6.45, 7) is 7.92. The molecule has 0 aliphatic carbocycles. The Morgan fingerprint density at radius 2 is 1.90 bits per heavy atom. The maximum absolute atomic E-state index is 3.17. The van der Waals surface area contributed by atoms with Crippen LogP contribution in [0.2, 0.25) is 0 Å². The zero-order valence-electron chi connectivity index (χ0n) is 7.48. The van der Waals surface area contributed by atoms with Gasteiger partial charge in [0, 0.05) is 11.8 Å². The lowest BCUT2D eigenvalue weighted by molar-refractivity contribution is 0.738. The highest BCUT2D eigenvalue weighted by atomic mass is 32.2. The van der Waals surface area contributed by atoms with Gasteiger partial charge >= 0.3 is 0 Å². The van der Waals surface area contributed by atoms with Crippen molar-refractivity contribution in [2.45, 2.75) is 26.0 Å². The minimum Gasteiger partial charge on any atom is -0.319 e. The SMILES string of the molecule is CNCC(C)SCC(C)C. The first-order valence-corrected chi connectivity index (χ1v) is 4.98. The van der Waals surface area contributed by atoms with Crippen LogP contribution in [0.1, 0.15) is 20.8 Å². The summed E-state index contributed by atoms with van der Waals surface area (Å²) in [5, 5.41) is 3.93. The van der Waals surface area contributed by atoms with Crippen molar-refractivity contribution in [2.75, 3.05) is 19.3 Å². The molecule has 0 rings (SSSR count). The smallest absolute Gasteiger partial charge is 0.0144 e. The molecule has 0 aliphatic rings. The van der Waals surface area contributed by atoms with Gasteiger partial charge in [0.2, 0.25) is 0 Å². The molecule has 0 aromatic heterocycles. The summed E-state index contributed by atoms with van der Waals surface area (Å²) in [6.07, 6.45) is 0. The molecule has 10 heavy (non-hydrogen) atoms. The minimum atomic E-state index is 0.757. The van der Waals surface area contributed by atoms with E-state index in [0.29, 0.717) is 0 Å². The second-order valence-corrected chi connectivity index (χ2v) is 4.57. The molecule has 0 fully saturated rings. The molecule has 2 heteroatoms. The van der Waals surface area contributed by atoms with E-state index in [1.165, 1.54) is 5.75 Å². The van der Waals surface area contributed by atoms with Crippen molar-refractivity contribution in [2.24, 2.45) is 5.92 Å². The first-order chi connectivity index (χ1) is 4.66. The van der Waals surface area contributed by atoms with Gasteiger partial charge in [0.15, 0.2) is 0 Å². The fourth-order valence-corrected chi connectivity index (χ4v) is 1.70. The minimum absolute atomic E-state index is 0.757. The van der Waals surface area contributed by atoms with Crippen LogP contribution in [0.4, 0.5) is 0 Å². The highest BCUT2D eigenvalue weighted by molar-refractivity contribution is 7.99. The molecule has 0 aromatic carbocycles. The largest absolute Gasteiger partial charge is 0.319 e. The van der Waals surface area contributed by atoms with Crippen molar-refractivity contribution in [3.05, 3.63) is 0 Å². The third-order valence-electron chi connectivity index (χ3n) is 1.21. The number of thioether (sulfide) groups is 1. The normalized spacial score (nSPS) is 14.1.